The molecule has 9 heteroatoms. The number of hydrogen-bond donors (Lipinski definition) is 2. The lowest BCUT2D eigenvalue weighted by atomic mass is 9.79. The van der Waals surface area contributed by atoms with Crippen molar-refractivity contribution in [2.75, 3.05) is 65.8 Å². The summed E-state index contributed by atoms with van der Waals surface area (Å²) in [6.07, 6.45) is 5.69. The monoisotopic (exact) mass is 601 g/mol. The Kier molecular flexibility index (Phi) is 8.98. The zero-order valence-corrected chi connectivity index (χ0v) is 26.3. The van der Waals surface area contributed by atoms with Crippen molar-refractivity contribution in [3.8, 4) is 0 Å². The van der Waals surface area contributed by atoms with Gasteiger partial charge in [-0.3, -0.25) is 0 Å². The van der Waals surface area contributed by atoms with Crippen molar-refractivity contribution in [2.45, 2.75) is 51.4 Å². The van der Waals surface area contributed by atoms with E-state index in [1.54, 1.807) is 12.1 Å². The van der Waals surface area contributed by atoms with Gasteiger partial charge in [-0.25, -0.2) is 4.39 Å². The minimum Gasteiger partial charge on any atom is -0.368 e. The highest BCUT2D eigenvalue weighted by molar-refractivity contribution is 7.80. The van der Waals surface area contributed by atoms with Gasteiger partial charge >= 0.3 is 0 Å². The number of piperidine rings is 1. The van der Waals surface area contributed by atoms with Crippen molar-refractivity contribution in [3.05, 3.63) is 72.0 Å². The van der Waals surface area contributed by atoms with Gasteiger partial charge in [0.2, 0.25) is 5.95 Å². The molecular weight excluding hydrogens is 557 g/mol. The highest BCUT2D eigenvalue weighted by Crippen LogP contribution is 2.40. The molecule has 3 fully saturated rings. The summed E-state index contributed by atoms with van der Waals surface area (Å²) >= 11 is 5.80. The molecule has 6 rings (SSSR count). The summed E-state index contributed by atoms with van der Waals surface area (Å²) in [5, 5.41) is 7.33. The molecule has 0 spiro atoms. The van der Waals surface area contributed by atoms with Gasteiger partial charge in [-0.2, -0.15) is 9.97 Å². The standard InChI is InChI=1S/C34H44FN7S/c1-25-20-26(2)23-42(22-25)31-21-30(41-18-16-40(17-19-41)29-8-4-3-5-9-29)37-32(38-31)39-33(43)36-24-34(14-6-7-15-34)27-10-12-28(35)13-11-27/h3-5,8-13,21,25-26H,6-7,14-20,22-24H2,1-2H3,(H2,36,37,38,39,43)/t25-,26+. The number of anilines is 4. The van der Waals surface area contributed by atoms with Crippen LogP contribution in [-0.2, 0) is 5.41 Å². The SMILES string of the molecule is C[C@@H]1C[C@H](C)CN(c2cc(N3CCN(c4ccccc4)CC3)nc(NC(=S)NCC3(c4ccc(F)cc4)CCCC3)n2)C1. The molecule has 2 aromatic carbocycles. The van der Waals surface area contributed by atoms with Gasteiger partial charge in [-0.05, 0) is 73.1 Å². The van der Waals surface area contributed by atoms with Gasteiger partial charge in [0.15, 0.2) is 5.11 Å². The number of thiocarbonyl (C=S) groups is 1. The molecule has 43 heavy (non-hydrogen) atoms. The van der Waals surface area contributed by atoms with Crippen LogP contribution in [0.15, 0.2) is 60.7 Å². The van der Waals surface area contributed by atoms with Crippen molar-refractivity contribution >= 4 is 40.6 Å². The van der Waals surface area contributed by atoms with Crippen LogP contribution in [-0.4, -0.2) is 60.9 Å². The van der Waals surface area contributed by atoms with Crippen LogP contribution < -0.4 is 25.3 Å². The van der Waals surface area contributed by atoms with Crippen LogP contribution in [0.2, 0.25) is 0 Å². The molecule has 1 saturated carbocycles. The molecule has 2 saturated heterocycles. The first kappa shape index (κ1) is 29.6. The van der Waals surface area contributed by atoms with Crippen LogP contribution in [0.3, 0.4) is 0 Å². The highest BCUT2D eigenvalue weighted by Gasteiger charge is 2.36. The van der Waals surface area contributed by atoms with E-state index < -0.39 is 0 Å². The second-order valence-electron chi connectivity index (χ2n) is 12.9. The molecule has 3 aromatic rings. The molecule has 0 amide bonds. The average molecular weight is 602 g/mol. The van der Waals surface area contributed by atoms with Crippen molar-refractivity contribution in [3.63, 3.8) is 0 Å². The number of para-hydroxylation sites is 1. The predicted octanol–water partition coefficient (Wildman–Crippen LogP) is 6.22. The van der Waals surface area contributed by atoms with Crippen LogP contribution in [0.25, 0.3) is 0 Å². The van der Waals surface area contributed by atoms with E-state index in [9.17, 15) is 4.39 Å². The lowest BCUT2D eigenvalue weighted by molar-refractivity contribution is 0.355. The van der Waals surface area contributed by atoms with Crippen LogP contribution in [0.4, 0.5) is 27.7 Å². The molecule has 3 aliphatic rings. The summed E-state index contributed by atoms with van der Waals surface area (Å²) in [4.78, 5) is 17.2. The zero-order valence-electron chi connectivity index (χ0n) is 25.4. The van der Waals surface area contributed by atoms with Crippen molar-refractivity contribution in [1.82, 2.24) is 15.3 Å². The highest BCUT2D eigenvalue weighted by atomic mass is 32.1. The van der Waals surface area contributed by atoms with Crippen LogP contribution >= 0.6 is 12.2 Å². The van der Waals surface area contributed by atoms with Gasteiger partial charge in [0, 0.05) is 63.0 Å². The van der Waals surface area contributed by atoms with Crippen LogP contribution in [0, 0.1) is 17.7 Å². The lowest BCUT2D eigenvalue weighted by Gasteiger charge is -2.38. The molecule has 228 valence electrons. The topological polar surface area (TPSA) is 59.6 Å². The molecule has 0 radical (unpaired) electrons. The number of halogens is 1. The molecule has 7 nitrogen and oxygen atoms in total. The van der Waals surface area contributed by atoms with Gasteiger partial charge in [0.1, 0.15) is 17.5 Å². The minimum atomic E-state index is -0.200. The van der Waals surface area contributed by atoms with Gasteiger partial charge in [0.05, 0.1) is 0 Å². The maximum absolute atomic E-state index is 13.7. The maximum atomic E-state index is 13.7. The fourth-order valence-electron chi connectivity index (χ4n) is 7.30. The van der Waals surface area contributed by atoms with E-state index in [0.29, 0.717) is 29.4 Å². The van der Waals surface area contributed by atoms with E-state index in [2.05, 4.69) is 75.6 Å². The molecular formula is C34H44FN7S. The number of aromatic nitrogens is 2. The Labute approximate surface area is 260 Å². The average Bonchev–Trinajstić information content (AvgIpc) is 3.50. The van der Waals surface area contributed by atoms with Crippen molar-refractivity contribution in [1.29, 1.82) is 0 Å². The van der Waals surface area contributed by atoms with E-state index in [1.165, 1.54) is 17.7 Å². The van der Waals surface area contributed by atoms with Gasteiger partial charge in [-0.15, -0.1) is 0 Å². The largest absolute Gasteiger partial charge is 0.368 e. The lowest BCUT2D eigenvalue weighted by Crippen LogP contribution is -2.47. The molecule has 3 heterocycles. The third-order valence-electron chi connectivity index (χ3n) is 9.45. The van der Waals surface area contributed by atoms with Gasteiger partial charge < -0.3 is 25.3 Å². The molecule has 2 aliphatic heterocycles. The fraction of sp³-hybridized carbons (Fsp3) is 0.500. The molecule has 2 N–H and O–H groups in total. The zero-order chi connectivity index (χ0) is 29.8. The quantitative estimate of drug-likeness (QED) is 0.310. The smallest absolute Gasteiger partial charge is 0.232 e. The first-order chi connectivity index (χ1) is 20.9. The number of nitrogens with zero attached hydrogens (tertiary/aromatic N) is 5. The van der Waals surface area contributed by atoms with Gasteiger partial charge in [0.25, 0.3) is 0 Å². The maximum Gasteiger partial charge on any atom is 0.232 e. The third-order valence-corrected chi connectivity index (χ3v) is 9.69. The first-order valence-corrected chi connectivity index (χ1v) is 16.3. The summed E-state index contributed by atoms with van der Waals surface area (Å²) in [6.45, 7) is 11.0. The Bertz CT molecular complexity index is 1360. The molecule has 0 unspecified atom stereocenters. The van der Waals surface area contributed by atoms with E-state index in [4.69, 9.17) is 22.2 Å². The number of hydrogen-bond acceptors (Lipinski definition) is 6. The predicted molar refractivity (Wildman–Crippen MR) is 179 cm³/mol. The molecule has 1 aromatic heterocycles. The van der Waals surface area contributed by atoms with E-state index in [1.807, 2.05) is 12.1 Å². The Hall–Kier alpha value is -3.46. The van der Waals surface area contributed by atoms with Crippen LogP contribution in [0.5, 0.6) is 0 Å². The Balaban J connectivity index is 1.18. The van der Waals surface area contributed by atoms with Crippen molar-refractivity contribution in [2.24, 2.45) is 11.8 Å². The fourth-order valence-corrected chi connectivity index (χ4v) is 7.47. The third kappa shape index (κ3) is 7.03. The van der Waals surface area contributed by atoms with Crippen LogP contribution in [0.1, 0.15) is 51.5 Å². The number of nitrogens with one attached hydrogen (secondary N) is 2. The van der Waals surface area contributed by atoms with E-state index in [-0.39, 0.29) is 11.2 Å². The Morgan fingerprint density at radius 3 is 2.12 bits per heavy atom. The molecule has 1 aliphatic carbocycles. The molecule has 0 bridgehead atoms. The van der Waals surface area contributed by atoms with Crippen molar-refractivity contribution < 1.29 is 4.39 Å². The molecule has 2 atom stereocenters. The Morgan fingerprint density at radius 2 is 1.47 bits per heavy atom. The van der Waals surface area contributed by atoms with E-state index in [0.717, 1.165) is 76.6 Å². The van der Waals surface area contributed by atoms with E-state index >= 15 is 0 Å². The second kappa shape index (κ2) is 13.0. The summed E-state index contributed by atoms with van der Waals surface area (Å²) in [7, 11) is 0. The number of piperazine rings is 1. The minimum absolute atomic E-state index is 0.0498. The second-order valence-corrected chi connectivity index (χ2v) is 13.3. The Morgan fingerprint density at radius 1 is 0.860 bits per heavy atom. The summed E-state index contributed by atoms with van der Waals surface area (Å²) in [5.41, 5.74) is 2.39. The summed E-state index contributed by atoms with van der Waals surface area (Å²) in [5.74, 6) is 3.46. The first-order valence-electron chi connectivity index (χ1n) is 15.9. The van der Waals surface area contributed by atoms with Gasteiger partial charge in [-0.1, -0.05) is 57.0 Å². The number of benzene rings is 2. The summed E-state index contributed by atoms with van der Waals surface area (Å²) < 4.78 is 13.7. The summed E-state index contributed by atoms with van der Waals surface area (Å²) in [6, 6.07) is 19.8. The number of rotatable bonds is 7. The normalized spacial score (nSPS) is 22.0.